The van der Waals surface area contributed by atoms with Crippen LogP contribution in [0.5, 0.6) is 0 Å². The lowest BCUT2D eigenvalue weighted by atomic mass is 9.62. The highest BCUT2D eigenvalue weighted by atomic mass is 16.2. The number of hydrogen-bond acceptors (Lipinski definition) is 6. The number of nitrogens with zero attached hydrogens (tertiary/aromatic N) is 4. The van der Waals surface area contributed by atoms with Gasteiger partial charge in [-0.3, -0.25) is 38.8 Å². The maximum Gasteiger partial charge on any atom is 0.236 e. The van der Waals surface area contributed by atoms with E-state index in [1.54, 1.807) is 0 Å². The van der Waals surface area contributed by atoms with Gasteiger partial charge in [0.25, 0.3) is 0 Å². The number of imide groups is 2. The SMILES string of the molecule is CC1(C)[C@@H]2CC[C@]1(C)C(=O)N(CC#CCN1CCN(CC#CCN3C(=O)[C@@H]4CC[C@](C)(C3=O)C4(C)C)CC1)C2=O. The van der Waals surface area contributed by atoms with Gasteiger partial charge in [0, 0.05) is 38.0 Å². The van der Waals surface area contributed by atoms with E-state index in [4.69, 9.17) is 0 Å². The Morgan fingerprint density at radius 3 is 1.25 bits per heavy atom. The molecule has 0 aromatic carbocycles. The van der Waals surface area contributed by atoms with Crippen LogP contribution in [0.15, 0.2) is 0 Å². The highest BCUT2D eigenvalue weighted by molar-refractivity contribution is 6.04. The maximum absolute atomic E-state index is 13.1. The summed E-state index contributed by atoms with van der Waals surface area (Å²) in [5.41, 5.74) is -1.57. The molecule has 2 aliphatic carbocycles. The van der Waals surface area contributed by atoms with Crippen LogP contribution in [-0.2, 0) is 19.2 Å². The molecule has 0 unspecified atom stereocenters. The standard InChI is InChI=1S/C32H44N4O4/c1-29(2)23-11-13-31(29,5)27(39)35(25(23)37)17-9-7-15-33-19-21-34(22-20-33)16-8-10-18-36-26(38)24-12-14-32(6,28(36)40)30(24,3)4/h23-24H,11-22H2,1-6H3/t23-,24+,31-,32-/m1/s1. The molecule has 0 aromatic heterocycles. The lowest BCUT2D eigenvalue weighted by Gasteiger charge is -2.47. The molecule has 3 saturated heterocycles. The van der Waals surface area contributed by atoms with E-state index in [-0.39, 0.29) is 59.4 Å². The van der Waals surface area contributed by atoms with Crippen LogP contribution in [0.1, 0.15) is 67.2 Å². The Hall–Kier alpha value is -2.68. The number of piperidine rings is 2. The minimum Gasteiger partial charge on any atom is -0.290 e. The van der Waals surface area contributed by atoms with E-state index >= 15 is 0 Å². The van der Waals surface area contributed by atoms with Gasteiger partial charge in [-0.1, -0.05) is 65.2 Å². The van der Waals surface area contributed by atoms with E-state index in [0.717, 1.165) is 51.9 Å². The molecule has 0 spiro atoms. The fourth-order valence-electron chi connectivity index (χ4n) is 7.81. The lowest BCUT2D eigenvalue weighted by molar-refractivity contribution is -0.168. The third kappa shape index (κ3) is 4.22. The van der Waals surface area contributed by atoms with Gasteiger partial charge < -0.3 is 0 Å². The van der Waals surface area contributed by atoms with E-state index in [0.29, 0.717) is 13.1 Å². The first-order valence-electron chi connectivity index (χ1n) is 14.8. The molecule has 2 saturated carbocycles. The Labute approximate surface area is 239 Å². The second-order valence-corrected chi connectivity index (χ2v) is 14.0. The number of piperazine rings is 1. The number of carbonyl (C=O) groups excluding carboxylic acids is 4. The molecular weight excluding hydrogens is 504 g/mol. The summed E-state index contributed by atoms with van der Waals surface area (Å²) < 4.78 is 0. The van der Waals surface area contributed by atoms with Gasteiger partial charge in [-0.2, -0.15) is 0 Å². The van der Waals surface area contributed by atoms with E-state index in [1.807, 2.05) is 13.8 Å². The number of amides is 4. The third-order valence-corrected chi connectivity index (χ3v) is 11.8. The monoisotopic (exact) mass is 548 g/mol. The molecule has 0 radical (unpaired) electrons. The van der Waals surface area contributed by atoms with Crippen molar-refractivity contribution in [2.24, 2.45) is 33.5 Å². The zero-order valence-electron chi connectivity index (χ0n) is 25.1. The summed E-state index contributed by atoms with van der Waals surface area (Å²) in [6.07, 6.45) is 3.08. The van der Waals surface area contributed by atoms with Crippen molar-refractivity contribution in [3.63, 3.8) is 0 Å². The summed E-state index contributed by atoms with van der Waals surface area (Å²) in [7, 11) is 0. The van der Waals surface area contributed by atoms with Crippen LogP contribution in [0.25, 0.3) is 0 Å². The smallest absolute Gasteiger partial charge is 0.236 e. The van der Waals surface area contributed by atoms with E-state index in [9.17, 15) is 19.2 Å². The summed E-state index contributed by atoms with van der Waals surface area (Å²) >= 11 is 0. The van der Waals surface area contributed by atoms with E-state index < -0.39 is 10.8 Å². The van der Waals surface area contributed by atoms with Crippen LogP contribution >= 0.6 is 0 Å². The minimum atomic E-state index is -0.486. The third-order valence-electron chi connectivity index (χ3n) is 11.8. The average molecular weight is 549 g/mol. The Morgan fingerprint density at radius 2 is 0.900 bits per heavy atom. The highest BCUT2D eigenvalue weighted by Gasteiger charge is 2.65. The Kier molecular flexibility index (Phi) is 7.21. The average Bonchev–Trinajstić information content (AvgIpc) is 3.22. The van der Waals surface area contributed by atoms with Crippen LogP contribution in [0.4, 0.5) is 0 Å². The molecule has 0 N–H and O–H groups in total. The summed E-state index contributed by atoms with van der Waals surface area (Å²) in [6, 6.07) is 0. The largest absolute Gasteiger partial charge is 0.290 e. The first kappa shape index (κ1) is 28.8. The van der Waals surface area contributed by atoms with Crippen molar-refractivity contribution in [2.45, 2.75) is 67.2 Å². The van der Waals surface area contributed by atoms with Gasteiger partial charge in [-0.05, 0) is 36.5 Å². The Morgan fingerprint density at radius 1 is 0.575 bits per heavy atom. The van der Waals surface area contributed by atoms with Crippen molar-refractivity contribution in [1.29, 1.82) is 0 Å². The second-order valence-electron chi connectivity index (χ2n) is 14.0. The number of likely N-dealkylation sites (tertiary alicyclic amines) is 2. The molecule has 0 aromatic rings. The highest BCUT2D eigenvalue weighted by Crippen LogP contribution is 2.61. The summed E-state index contributed by atoms with van der Waals surface area (Å²) in [6.45, 7) is 17.2. The molecule has 3 aliphatic heterocycles. The van der Waals surface area contributed by atoms with Crippen molar-refractivity contribution in [2.75, 3.05) is 52.4 Å². The quantitative estimate of drug-likeness (QED) is 0.396. The van der Waals surface area contributed by atoms with Crippen LogP contribution in [-0.4, -0.2) is 95.6 Å². The van der Waals surface area contributed by atoms with Gasteiger partial charge in [0.15, 0.2) is 0 Å². The summed E-state index contributed by atoms with van der Waals surface area (Å²) in [5.74, 6) is 12.1. The lowest BCUT2D eigenvalue weighted by Crippen LogP contribution is -2.59. The zero-order valence-corrected chi connectivity index (χ0v) is 25.1. The van der Waals surface area contributed by atoms with Gasteiger partial charge in [0.2, 0.25) is 23.6 Å². The normalized spacial score (nSPS) is 35.0. The van der Waals surface area contributed by atoms with Crippen LogP contribution < -0.4 is 0 Å². The molecule has 4 atom stereocenters. The summed E-state index contributed by atoms with van der Waals surface area (Å²) in [4.78, 5) is 59.5. The topological polar surface area (TPSA) is 81.2 Å². The molecule has 8 heteroatoms. The predicted molar refractivity (Wildman–Crippen MR) is 151 cm³/mol. The molecule has 4 amide bonds. The van der Waals surface area contributed by atoms with Crippen LogP contribution in [0.3, 0.4) is 0 Å². The predicted octanol–water partition coefficient (Wildman–Crippen LogP) is 2.23. The molecule has 5 rings (SSSR count). The van der Waals surface area contributed by atoms with Crippen molar-refractivity contribution in [3.8, 4) is 23.7 Å². The molecule has 40 heavy (non-hydrogen) atoms. The van der Waals surface area contributed by atoms with Gasteiger partial charge >= 0.3 is 0 Å². The van der Waals surface area contributed by atoms with Crippen molar-refractivity contribution >= 4 is 23.6 Å². The fraction of sp³-hybridized carbons (Fsp3) is 0.750. The molecule has 5 fully saturated rings. The molecule has 3 heterocycles. The Balaban J connectivity index is 1.05. The minimum absolute atomic E-state index is 0.0617. The van der Waals surface area contributed by atoms with Crippen molar-refractivity contribution < 1.29 is 19.2 Å². The first-order valence-corrected chi connectivity index (χ1v) is 14.8. The van der Waals surface area contributed by atoms with Gasteiger partial charge in [-0.15, -0.1) is 0 Å². The molecule has 5 aliphatic rings. The Bertz CT molecular complexity index is 1140. The number of rotatable bonds is 4. The second kappa shape index (κ2) is 10.00. The van der Waals surface area contributed by atoms with Gasteiger partial charge in [-0.25, -0.2) is 0 Å². The number of carbonyl (C=O) groups is 4. The van der Waals surface area contributed by atoms with Crippen molar-refractivity contribution in [1.82, 2.24) is 19.6 Å². The molecule has 216 valence electrons. The fourth-order valence-corrected chi connectivity index (χ4v) is 7.81. The number of hydrogen-bond donors (Lipinski definition) is 0. The molecular formula is C32H44N4O4. The zero-order chi connectivity index (χ0) is 29.1. The summed E-state index contributed by atoms with van der Waals surface area (Å²) in [5, 5.41) is 0. The van der Waals surface area contributed by atoms with Crippen LogP contribution in [0.2, 0.25) is 0 Å². The van der Waals surface area contributed by atoms with Gasteiger partial charge in [0.05, 0.1) is 37.0 Å². The van der Waals surface area contributed by atoms with Crippen molar-refractivity contribution in [3.05, 3.63) is 0 Å². The molecule has 4 bridgehead atoms. The number of fused-ring (bicyclic) bond motifs is 4. The van der Waals surface area contributed by atoms with E-state index in [1.165, 1.54) is 9.80 Å². The molecule has 8 nitrogen and oxygen atoms in total. The maximum atomic E-state index is 13.1. The van der Waals surface area contributed by atoms with Crippen LogP contribution in [0, 0.1) is 57.2 Å². The van der Waals surface area contributed by atoms with E-state index in [2.05, 4.69) is 61.2 Å². The first-order chi connectivity index (χ1) is 18.8. The van der Waals surface area contributed by atoms with Gasteiger partial charge in [0.1, 0.15) is 0 Å².